The van der Waals surface area contributed by atoms with Crippen molar-refractivity contribution in [2.75, 3.05) is 6.61 Å². The van der Waals surface area contributed by atoms with E-state index < -0.39 is 17.7 Å². The monoisotopic (exact) mass is 320 g/mol. The predicted molar refractivity (Wildman–Crippen MR) is 81.6 cm³/mol. The van der Waals surface area contributed by atoms with Crippen molar-refractivity contribution in [3.63, 3.8) is 0 Å². The van der Waals surface area contributed by atoms with Gasteiger partial charge in [-0.05, 0) is 35.8 Å². The third-order valence-electron chi connectivity index (χ3n) is 3.16. The molecule has 0 atom stereocenters. The van der Waals surface area contributed by atoms with Gasteiger partial charge in [-0.3, -0.25) is 0 Å². The summed E-state index contributed by atoms with van der Waals surface area (Å²) in [5.41, 5.74) is 1.01. The molecule has 0 aliphatic rings. The van der Waals surface area contributed by atoms with Crippen LogP contribution in [0.15, 0.2) is 60.7 Å². The van der Waals surface area contributed by atoms with Gasteiger partial charge in [-0.1, -0.05) is 42.5 Å². The molecule has 120 valence electrons. The minimum atomic E-state index is -4.39. The van der Waals surface area contributed by atoms with Gasteiger partial charge in [-0.2, -0.15) is 13.2 Å². The molecule has 0 fully saturated rings. The molecule has 0 heterocycles. The topological polar surface area (TPSA) is 26.3 Å². The molecule has 0 aliphatic heterocycles. The number of carbonyl (C=O) groups excluding carboxylic acids is 1. The summed E-state index contributed by atoms with van der Waals surface area (Å²) in [6, 6.07) is 13.6. The van der Waals surface area contributed by atoms with Gasteiger partial charge in [0, 0.05) is 6.08 Å². The summed E-state index contributed by atoms with van der Waals surface area (Å²) in [4.78, 5) is 11.7. The van der Waals surface area contributed by atoms with Gasteiger partial charge in [-0.15, -0.1) is 0 Å². The number of halogens is 3. The van der Waals surface area contributed by atoms with Gasteiger partial charge >= 0.3 is 12.1 Å². The lowest BCUT2D eigenvalue weighted by atomic mass is 9.96. The molecule has 0 amide bonds. The molecule has 2 aromatic rings. The Bertz CT molecular complexity index is 686. The molecule has 0 bridgehead atoms. The molecule has 2 rings (SSSR count). The maximum Gasteiger partial charge on any atom is 0.416 e. The Morgan fingerprint density at radius 3 is 2.09 bits per heavy atom. The van der Waals surface area contributed by atoms with Crippen LogP contribution in [-0.4, -0.2) is 12.6 Å². The first-order valence-corrected chi connectivity index (χ1v) is 7.03. The highest BCUT2D eigenvalue weighted by Gasteiger charge is 2.30. The molecule has 0 saturated heterocycles. The minimum absolute atomic E-state index is 0.227. The highest BCUT2D eigenvalue weighted by atomic mass is 19.4. The Labute approximate surface area is 132 Å². The lowest BCUT2D eigenvalue weighted by Gasteiger charge is -2.11. The molecule has 0 radical (unpaired) electrons. The van der Waals surface area contributed by atoms with Crippen LogP contribution in [0.5, 0.6) is 0 Å². The van der Waals surface area contributed by atoms with Gasteiger partial charge in [0.15, 0.2) is 0 Å². The fourth-order valence-electron chi connectivity index (χ4n) is 2.09. The molecule has 0 aromatic heterocycles. The molecule has 0 N–H and O–H groups in total. The van der Waals surface area contributed by atoms with Gasteiger partial charge in [0.2, 0.25) is 0 Å². The summed E-state index contributed by atoms with van der Waals surface area (Å²) in [6.07, 6.45) is -3.10. The average molecular weight is 320 g/mol. The van der Waals surface area contributed by atoms with E-state index in [1.54, 1.807) is 31.2 Å². The van der Waals surface area contributed by atoms with Gasteiger partial charge in [-0.25, -0.2) is 4.79 Å². The summed E-state index contributed by atoms with van der Waals surface area (Å²) in [7, 11) is 0. The lowest BCUT2D eigenvalue weighted by Crippen LogP contribution is -2.05. The Morgan fingerprint density at radius 1 is 1.00 bits per heavy atom. The van der Waals surface area contributed by atoms with Crippen molar-refractivity contribution in [1.82, 2.24) is 0 Å². The highest BCUT2D eigenvalue weighted by Crippen LogP contribution is 2.31. The summed E-state index contributed by atoms with van der Waals surface area (Å²) >= 11 is 0. The van der Waals surface area contributed by atoms with E-state index in [1.165, 1.54) is 18.2 Å². The van der Waals surface area contributed by atoms with Crippen LogP contribution in [0.4, 0.5) is 13.2 Å². The second-order valence-electron chi connectivity index (χ2n) is 4.75. The minimum Gasteiger partial charge on any atom is -0.463 e. The molecule has 0 saturated carbocycles. The number of esters is 1. The second-order valence-corrected chi connectivity index (χ2v) is 4.75. The summed E-state index contributed by atoms with van der Waals surface area (Å²) < 4.78 is 42.9. The first-order chi connectivity index (χ1) is 10.9. The average Bonchev–Trinajstić information content (AvgIpc) is 2.53. The molecule has 0 spiro atoms. The Kier molecular flexibility index (Phi) is 5.21. The first kappa shape index (κ1) is 16.8. The third-order valence-corrected chi connectivity index (χ3v) is 3.16. The summed E-state index contributed by atoms with van der Waals surface area (Å²) in [5.74, 6) is -0.536. The van der Waals surface area contributed by atoms with E-state index >= 15 is 0 Å². The van der Waals surface area contributed by atoms with Gasteiger partial charge in [0.25, 0.3) is 0 Å². The van der Waals surface area contributed by atoms with E-state index in [-0.39, 0.29) is 6.61 Å². The van der Waals surface area contributed by atoms with Crippen molar-refractivity contribution in [2.24, 2.45) is 0 Å². The van der Waals surface area contributed by atoms with E-state index in [2.05, 4.69) is 0 Å². The number of rotatable bonds is 4. The standard InChI is InChI=1S/C18H15F3O2/c1-2-23-17(22)12-16(13-6-4-3-5-7-13)14-8-10-15(11-9-14)18(19,20)21/h3-12H,2H2,1H3/b16-12-. The largest absolute Gasteiger partial charge is 0.463 e. The summed E-state index contributed by atoms with van der Waals surface area (Å²) in [5, 5.41) is 0. The molecule has 0 aliphatic carbocycles. The van der Waals surface area contributed by atoms with E-state index in [1.807, 2.05) is 6.07 Å². The van der Waals surface area contributed by atoms with Crippen molar-refractivity contribution >= 4 is 11.5 Å². The molecule has 2 nitrogen and oxygen atoms in total. The smallest absolute Gasteiger partial charge is 0.416 e. The molecule has 5 heteroatoms. The Hall–Kier alpha value is -2.56. The van der Waals surface area contributed by atoms with Crippen LogP contribution in [0.1, 0.15) is 23.6 Å². The number of carbonyl (C=O) groups is 1. The maximum atomic E-state index is 12.7. The zero-order chi connectivity index (χ0) is 16.9. The van der Waals surface area contributed by atoms with Gasteiger partial charge < -0.3 is 4.74 Å². The maximum absolute atomic E-state index is 12.7. The number of hydrogen-bond acceptors (Lipinski definition) is 2. The Morgan fingerprint density at radius 2 is 1.57 bits per heavy atom. The number of ether oxygens (including phenoxy) is 1. The predicted octanol–water partition coefficient (Wildman–Crippen LogP) is 4.70. The van der Waals surface area contributed by atoms with Gasteiger partial charge in [0.1, 0.15) is 0 Å². The fraction of sp³-hybridized carbons (Fsp3) is 0.167. The van der Waals surface area contributed by atoms with Crippen molar-refractivity contribution < 1.29 is 22.7 Å². The number of hydrogen-bond donors (Lipinski definition) is 0. The van der Waals surface area contributed by atoms with Crippen molar-refractivity contribution in [3.05, 3.63) is 77.4 Å². The van der Waals surface area contributed by atoms with E-state index in [0.29, 0.717) is 11.1 Å². The molecule has 23 heavy (non-hydrogen) atoms. The zero-order valence-corrected chi connectivity index (χ0v) is 12.4. The van der Waals surface area contributed by atoms with E-state index in [0.717, 1.165) is 17.7 Å². The normalized spacial score (nSPS) is 12.1. The summed E-state index contributed by atoms with van der Waals surface area (Å²) in [6.45, 7) is 1.91. The quantitative estimate of drug-likeness (QED) is 0.603. The van der Waals surface area contributed by atoms with Crippen LogP contribution in [0.3, 0.4) is 0 Å². The van der Waals surface area contributed by atoms with Crippen molar-refractivity contribution in [3.8, 4) is 0 Å². The number of benzene rings is 2. The molecular formula is C18H15F3O2. The van der Waals surface area contributed by atoms with Crippen LogP contribution in [0.2, 0.25) is 0 Å². The first-order valence-electron chi connectivity index (χ1n) is 7.03. The van der Waals surface area contributed by atoms with Crippen molar-refractivity contribution in [2.45, 2.75) is 13.1 Å². The molecular weight excluding hydrogens is 305 g/mol. The SMILES string of the molecule is CCOC(=O)/C=C(/c1ccccc1)c1ccc(C(F)(F)F)cc1. The molecule has 2 aromatic carbocycles. The third kappa shape index (κ3) is 4.45. The van der Waals surface area contributed by atoms with E-state index in [9.17, 15) is 18.0 Å². The van der Waals surface area contributed by atoms with Crippen LogP contribution < -0.4 is 0 Å². The lowest BCUT2D eigenvalue weighted by molar-refractivity contribution is -0.138. The van der Waals surface area contributed by atoms with Crippen LogP contribution in [0.25, 0.3) is 5.57 Å². The van der Waals surface area contributed by atoms with Crippen molar-refractivity contribution in [1.29, 1.82) is 0 Å². The van der Waals surface area contributed by atoms with Crippen LogP contribution in [-0.2, 0) is 15.7 Å². The van der Waals surface area contributed by atoms with Gasteiger partial charge in [0.05, 0.1) is 12.2 Å². The fourth-order valence-corrected chi connectivity index (χ4v) is 2.09. The second kappa shape index (κ2) is 7.13. The molecule has 0 unspecified atom stereocenters. The zero-order valence-electron chi connectivity index (χ0n) is 12.4. The van der Waals surface area contributed by atoms with Crippen LogP contribution >= 0.6 is 0 Å². The van der Waals surface area contributed by atoms with Crippen LogP contribution in [0, 0.1) is 0 Å². The Balaban J connectivity index is 2.44. The number of alkyl halides is 3. The highest BCUT2D eigenvalue weighted by molar-refractivity contribution is 5.96. The van der Waals surface area contributed by atoms with E-state index in [4.69, 9.17) is 4.74 Å².